The summed E-state index contributed by atoms with van der Waals surface area (Å²) in [6.45, 7) is 1.15. The number of aromatic nitrogens is 2. The van der Waals surface area contributed by atoms with E-state index in [2.05, 4.69) is 10.4 Å². The highest BCUT2D eigenvalue weighted by Crippen LogP contribution is 2.10. The molecule has 0 atom stereocenters. The number of Topliss-reactive ketones (excluding diaryl/α,β-unsaturated/α-hetero) is 1. The number of nitrogens with zero attached hydrogens (tertiary/aromatic N) is 2. The number of hydrogen-bond donors (Lipinski definition) is 1. The van der Waals surface area contributed by atoms with Crippen LogP contribution in [0.3, 0.4) is 0 Å². The summed E-state index contributed by atoms with van der Waals surface area (Å²) in [5, 5.41) is 7.11. The third kappa shape index (κ3) is 0.952. The second kappa shape index (κ2) is 2.17. The summed E-state index contributed by atoms with van der Waals surface area (Å²) >= 11 is 0. The van der Waals surface area contributed by atoms with Gasteiger partial charge < -0.3 is 5.32 Å². The first-order chi connectivity index (χ1) is 5.27. The summed E-state index contributed by atoms with van der Waals surface area (Å²) in [6, 6.07) is 0. The summed E-state index contributed by atoms with van der Waals surface area (Å²) in [7, 11) is 1.82. The Balaban J connectivity index is 2.52. The van der Waals surface area contributed by atoms with Crippen LogP contribution >= 0.6 is 0 Å². The minimum Gasteiger partial charge on any atom is -0.304 e. The molecule has 4 heteroatoms. The van der Waals surface area contributed by atoms with Crippen LogP contribution in [0.5, 0.6) is 0 Å². The number of aryl methyl sites for hydroxylation is 1. The molecule has 0 amide bonds. The van der Waals surface area contributed by atoms with Gasteiger partial charge in [-0.25, -0.2) is 0 Å². The summed E-state index contributed by atoms with van der Waals surface area (Å²) < 4.78 is 1.68. The van der Waals surface area contributed by atoms with Gasteiger partial charge >= 0.3 is 0 Å². The van der Waals surface area contributed by atoms with Crippen LogP contribution in [0, 0.1) is 0 Å². The van der Waals surface area contributed by atoms with Crippen molar-refractivity contribution in [3.05, 3.63) is 17.5 Å². The van der Waals surface area contributed by atoms with Crippen molar-refractivity contribution < 1.29 is 4.79 Å². The molecule has 0 bridgehead atoms. The number of ketones is 1. The molecule has 1 N–H and O–H groups in total. The number of fused-ring (bicyclic) bond motifs is 1. The molecule has 0 saturated carbocycles. The second-order valence-corrected chi connectivity index (χ2v) is 2.69. The Morgan fingerprint density at radius 1 is 1.64 bits per heavy atom. The van der Waals surface area contributed by atoms with Gasteiger partial charge in [-0.15, -0.1) is 0 Å². The van der Waals surface area contributed by atoms with Crippen molar-refractivity contribution in [2.45, 2.75) is 6.54 Å². The van der Waals surface area contributed by atoms with E-state index < -0.39 is 0 Å². The molecule has 11 heavy (non-hydrogen) atoms. The molecule has 1 aliphatic rings. The standard InChI is InChI=1S/C7H9N3O/c1-10-4-5-6(9-10)2-8-3-7(5)11/h4,8H,2-3H2,1H3. The van der Waals surface area contributed by atoms with Crippen molar-refractivity contribution in [1.29, 1.82) is 0 Å². The predicted molar refractivity (Wildman–Crippen MR) is 39.2 cm³/mol. The van der Waals surface area contributed by atoms with Crippen LogP contribution in [0.1, 0.15) is 16.1 Å². The molecule has 0 saturated heterocycles. The van der Waals surface area contributed by atoms with Crippen molar-refractivity contribution >= 4 is 5.78 Å². The van der Waals surface area contributed by atoms with Crippen LogP contribution in [0.15, 0.2) is 6.20 Å². The normalized spacial score (nSPS) is 16.6. The summed E-state index contributed by atoms with van der Waals surface area (Å²) in [6.07, 6.45) is 1.78. The van der Waals surface area contributed by atoms with Crippen molar-refractivity contribution in [2.24, 2.45) is 7.05 Å². The molecular formula is C7H9N3O. The van der Waals surface area contributed by atoms with Gasteiger partial charge in [-0.2, -0.15) is 5.10 Å². The minimum absolute atomic E-state index is 0.138. The fourth-order valence-corrected chi connectivity index (χ4v) is 1.29. The first kappa shape index (κ1) is 6.54. The van der Waals surface area contributed by atoms with E-state index in [0.29, 0.717) is 13.1 Å². The highest BCUT2D eigenvalue weighted by molar-refractivity contribution is 5.99. The van der Waals surface area contributed by atoms with Crippen molar-refractivity contribution in [3.63, 3.8) is 0 Å². The fraction of sp³-hybridized carbons (Fsp3) is 0.429. The van der Waals surface area contributed by atoms with Gasteiger partial charge in [0.05, 0.1) is 17.8 Å². The summed E-state index contributed by atoms with van der Waals surface area (Å²) in [5.74, 6) is 0.138. The van der Waals surface area contributed by atoms with E-state index in [4.69, 9.17) is 0 Å². The molecule has 0 fully saturated rings. The topological polar surface area (TPSA) is 46.9 Å². The fourth-order valence-electron chi connectivity index (χ4n) is 1.29. The molecule has 1 aromatic heterocycles. The van der Waals surface area contributed by atoms with Crippen LogP contribution < -0.4 is 5.32 Å². The van der Waals surface area contributed by atoms with Gasteiger partial charge in [-0.3, -0.25) is 9.48 Å². The Morgan fingerprint density at radius 2 is 2.45 bits per heavy atom. The number of nitrogens with one attached hydrogen (secondary N) is 1. The maximum absolute atomic E-state index is 11.2. The van der Waals surface area contributed by atoms with Gasteiger partial charge in [0.25, 0.3) is 0 Å². The molecule has 1 aromatic rings. The van der Waals surface area contributed by atoms with Crippen LogP contribution in [-0.2, 0) is 13.6 Å². The van der Waals surface area contributed by atoms with Crippen LogP contribution in [0.25, 0.3) is 0 Å². The van der Waals surface area contributed by atoms with E-state index in [0.717, 1.165) is 11.3 Å². The zero-order chi connectivity index (χ0) is 7.84. The Hall–Kier alpha value is -1.16. The first-order valence-electron chi connectivity index (χ1n) is 3.54. The molecule has 0 radical (unpaired) electrons. The molecule has 0 spiro atoms. The van der Waals surface area contributed by atoms with E-state index >= 15 is 0 Å². The number of carbonyl (C=O) groups is 1. The molecule has 1 aliphatic heterocycles. The van der Waals surface area contributed by atoms with Crippen molar-refractivity contribution in [2.75, 3.05) is 6.54 Å². The van der Waals surface area contributed by atoms with E-state index in [1.165, 1.54) is 0 Å². The number of carbonyl (C=O) groups excluding carboxylic acids is 1. The smallest absolute Gasteiger partial charge is 0.180 e. The third-order valence-electron chi connectivity index (χ3n) is 1.78. The predicted octanol–water partition coefficient (Wildman–Crippen LogP) is -0.294. The van der Waals surface area contributed by atoms with Crippen LogP contribution in [0.4, 0.5) is 0 Å². The zero-order valence-corrected chi connectivity index (χ0v) is 6.29. The van der Waals surface area contributed by atoms with E-state index in [1.54, 1.807) is 10.9 Å². The molecule has 0 unspecified atom stereocenters. The molecule has 0 aromatic carbocycles. The SMILES string of the molecule is Cn1cc2c(n1)CNCC2=O. The third-order valence-corrected chi connectivity index (χ3v) is 1.78. The average Bonchev–Trinajstić information content (AvgIpc) is 2.31. The van der Waals surface area contributed by atoms with E-state index in [1.807, 2.05) is 7.05 Å². The second-order valence-electron chi connectivity index (χ2n) is 2.69. The van der Waals surface area contributed by atoms with Crippen LogP contribution in [0.2, 0.25) is 0 Å². The lowest BCUT2D eigenvalue weighted by atomic mass is 10.1. The summed E-state index contributed by atoms with van der Waals surface area (Å²) in [4.78, 5) is 11.2. The molecule has 58 valence electrons. The van der Waals surface area contributed by atoms with Crippen molar-refractivity contribution in [3.8, 4) is 0 Å². The molecule has 4 nitrogen and oxygen atoms in total. The van der Waals surface area contributed by atoms with Gasteiger partial charge in [0.1, 0.15) is 0 Å². The minimum atomic E-state index is 0.138. The van der Waals surface area contributed by atoms with Gasteiger partial charge in [0.15, 0.2) is 5.78 Å². The van der Waals surface area contributed by atoms with Gasteiger partial charge in [-0.1, -0.05) is 0 Å². The maximum Gasteiger partial charge on any atom is 0.180 e. The number of hydrogen-bond acceptors (Lipinski definition) is 3. The van der Waals surface area contributed by atoms with Crippen molar-refractivity contribution in [1.82, 2.24) is 15.1 Å². The van der Waals surface area contributed by atoms with Crippen LogP contribution in [-0.4, -0.2) is 22.1 Å². The average molecular weight is 151 g/mol. The zero-order valence-electron chi connectivity index (χ0n) is 6.29. The van der Waals surface area contributed by atoms with Gasteiger partial charge in [-0.05, 0) is 0 Å². The highest BCUT2D eigenvalue weighted by Gasteiger charge is 2.18. The molecule has 0 aliphatic carbocycles. The molecular weight excluding hydrogens is 142 g/mol. The van der Waals surface area contributed by atoms with E-state index in [-0.39, 0.29) is 5.78 Å². The first-order valence-corrected chi connectivity index (χ1v) is 3.54. The molecule has 2 heterocycles. The lowest BCUT2D eigenvalue weighted by Crippen LogP contribution is -2.29. The lowest BCUT2D eigenvalue weighted by molar-refractivity contribution is 0.0982. The van der Waals surface area contributed by atoms with Gasteiger partial charge in [0.2, 0.25) is 0 Å². The monoisotopic (exact) mass is 151 g/mol. The number of rotatable bonds is 0. The van der Waals surface area contributed by atoms with E-state index in [9.17, 15) is 4.79 Å². The highest BCUT2D eigenvalue weighted by atomic mass is 16.1. The molecule has 2 rings (SSSR count). The summed E-state index contributed by atoms with van der Waals surface area (Å²) in [5.41, 5.74) is 1.63. The quantitative estimate of drug-likeness (QED) is 0.554. The van der Waals surface area contributed by atoms with Gasteiger partial charge in [0, 0.05) is 19.8 Å². The largest absolute Gasteiger partial charge is 0.304 e. The Bertz CT molecular complexity index is 303. The lowest BCUT2D eigenvalue weighted by Gasteiger charge is -2.08. The maximum atomic E-state index is 11.2. The Kier molecular flexibility index (Phi) is 1.29. The Labute approximate surface area is 64.2 Å². The Morgan fingerprint density at radius 3 is 3.18 bits per heavy atom.